The first kappa shape index (κ1) is 8.30. The van der Waals surface area contributed by atoms with Gasteiger partial charge in [0.1, 0.15) is 5.82 Å². The third kappa shape index (κ3) is 1.89. The van der Waals surface area contributed by atoms with E-state index in [-0.39, 0.29) is 0 Å². The third-order valence-electron chi connectivity index (χ3n) is 2.36. The molecule has 1 N–H and O–H groups in total. The Bertz CT molecular complexity index is 310. The summed E-state index contributed by atoms with van der Waals surface area (Å²) in [6, 6.07) is 4.60. The van der Waals surface area contributed by atoms with Gasteiger partial charge in [0.15, 0.2) is 0 Å². The van der Waals surface area contributed by atoms with Crippen molar-refractivity contribution in [3.05, 3.63) is 36.0 Å². The zero-order valence-electron chi connectivity index (χ0n) is 7.83. The molecule has 0 spiro atoms. The van der Waals surface area contributed by atoms with Crippen molar-refractivity contribution in [1.82, 2.24) is 4.98 Å². The lowest BCUT2D eigenvalue weighted by Gasteiger charge is -2.13. The van der Waals surface area contributed by atoms with Gasteiger partial charge in [-0.3, -0.25) is 0 Å². The van der Waals surface area contributed by atoms with Crippen LogP contribution < -0.4 is 5.32 Å². The molecule has 1 aliphatic rings. The topological polar surface area (TPSA) is 24.9 Å². The highest BCUT2D eigenvalue weighted by atomic mass is 15.0. The number of anilines is 1. The van der Waals surface area contributed by atoms with Crippen molar-refractivity contribution in [3.8, 4) is 0 Å². The maximum atomic E-state index is 4.30. The summed E-state index contributed by atoms with van der Waals surface area (Å²) in [5.41, 5.74) is 1.22. The minimum atomic E-state index is 0.550. The molecule has 0 aliphatic heterocycles. The highest BCUT2D eigenvalue weighted by Crippen LogP contribution is 2.17. The average molecular weight is 174 g/mol. The lowest BCUT2D eigenvalue weighted by molar-refractivity contribution is 0.779. The van der Waals surface area contributed by atoms with Crippen molar-refractivity contribution in [1.29, 1.82) is 0 Å². The Balaban J connectivity index is 2.05. The maximum Gasteiger partial charge on any atom is 0.129 e. The SMILES string of the molecule is Cc1cccnc1NC1CC=CC1. The molecule has 2 nitrogen and oxygen atoms in total. The maximum absolute atomic E-state index is 4.30. The molecule has 0 saturated carbocycles. The zero-order chi connectivity index (χ0) is 9.10. The molecule has 2 heteroatoms. The smallest absolute Gasteiger partial charge is 0.129 e. The summed E-state index contributed by atoms with van der Waals surface area (Å²) >= 11 is 0. The van der Waals surface area contributed by atoms with Gasteiger partial charge in [0.2, 0.25) is 0 Å². The molecular weight excluding hydrogens is 160 g/mol. The molecule has 0 amide bonds. The van der Waals surface area contributed by atoms with E-state index in [9.17, 15) is 0 Å². The third-order valence-corrected chi connectivity index (χ3v) is 2.36. The quantitative estimate of drug-likeness (QED) is 0.697. The second-order valence-electron chi connectivity index (χ2n) is 3.45. The van der Waals surface area contributed by atoms with Crippen LogP contribution in [0.1, 0.15) is 18.4 Å². The van der Waals surface area contributed by atoms with Crippen molar-refractivity contribution in [2.24, 2.45) is 0 Å². The van der Waals surface area contributed by atoms with Crippen LogP contribution in [0.5, 0.6) is 0 Å². The Kier molecular flexibility index (Phi) is 2.30. The summed E-state index contributed by atoms with van der Waals surface area (Å²) in [6.07, 6.45) is 8.51. The van der Waals surface area contributed by atoms with Crippen LogP contribution in [0.4, 0.5) is 5.82 Å². The Hall–Kier alpha value is -1.31. The van der Waals surface area contributed by atoms with E-state index in [0.29, 0.717) is 6.04 Å². The normalized spacial score (nSPS) is 16.4. The lowest BCUT2D eigenvalue weighted by atomic mass is 10.2. The number of rotatable bonds is 2. The van der Waals surface area contributed by atoms with E-state index < -0.39 is 0 Å². The van der Waals surface area contributed by atoms with Gasteiger partial charge in [0.05, 0.1) is 0 Å². The van der Waals surface area contributed by atoms with E-state index in [0.717, 1.165) is 18.7 Å². The van der Waals surface area contributed by atoms with E-state index in [4.69, 9.17) is 0 Å². The first-order chi connectivity index (χ1) is 6.36. The number of aromatic nitrogens is 1. The number of aryl methyl sites for hydroxylation is 1. The summed E-state index contributed by atoms with van der Waals surface area (Å²) in [4.78, 5) is 4.30. The molecule has 0 unspecified atom stereocenters. The Morgan fingerprint density at radius 2 is 2.15 bits per heavy atom. The fraction of sp³-hybridized carbons (Fsp3) is 0.364. The van der Waals surface area contributed by atoms with Gasteiger partial charge in [-0.2, -0.15) is 0 Å². The van der Waals surface area contributed by atoms with Gasteiger partial charge in [-0.1, -0.05) is 18.2 Å². The lowest BCUT2D eigenvalue weighted by Crippen LogP contribution is -2.16. The van der Waals surface area contributed by atoms with Crippen molar-refractivity contribution < 1.29 is 0 Å². The molecule has 68 valence electrons. The zero-order valence-corrected chi connectivity index (χ0v) is 7.83. The standard InChI is InChI=1S/C11H14N2/c1-9-5-4-8-12-11(9)13-10-6-2-3-7-10/h2-5,8,10H,6-7H2,1H3,(H,12,13). The first-order valence-corrected chi connectivity index (χ1v) is 4.69. The van der Waals surface area contributed by atoms with Crippen LogP contribution in [0, 0.1) is 6.92 Å². The fourth-order valence-corrected chi connectivity index (χ4v) is 1.57. The minimum absolute atomic E-state index is 0.550. The molecule has 0 fully saturated rings. The molecule has 0 saturated heterocycles. The van der Waals surface area contributed by atoms with E-state index in [2.05, 4.69) is 35.4 Å². The Morgan fingerprint density at radius 1 is 1.38 bits per heavy atom. The van der Waals surface area contributed by atoms with Crippen LogP contribution >= 0.6 is 0 Å². The number of pyridine rings is 1. The molecule has 0 atom stereocenters. The molecule has 1 heterocycles. The molecule has 0 radical (unpaired) electrons. The summed E-state index contributed by atoms with van der Waals surface area (Å²) in [6.45, 7) is 2.08. The molecule has 1 aromatic rings. The van der Waals surface area contributed by atoms with Crippen molar-refractivity contribution in [2.75, 3.05) is 5.32 Å². The van der Waals surface area contributed by atoms with Crippen LogP contribution in [0.15, 0.2) is 30.5 Å². The number of nitrogens with one attached hydrogen (secondary N) is 1. The monoisotopic (exact) mass is 174 g/mol. The minimum Gasteiger partial charge on any atom is -0.367 e. The number of nitrogens with zero attached hydrogens (tertiary/aromatic N) is 1. The number of hydrogen-bond donors (Lipinski definition) is 1. The largest absolute Gasteiger partial charge is 0.367 e. The van der Waals surface area contributed by atoms with Gasteiger partial charge >= 0.3 is 0 Å². The summed E-state index contributed by atoms with van der Waals surface area (Å²) in [5.74, 6) is 1.02. The molecule has 0 aromatic carbocycles. The van der Waals surface area contributed by atoms with Crippen LogP contribution in [0.25, 0.3) is 0 Å². The Labute approximate surface area is 78.7 Å². The van der Waals surface area contributed by atoms with Crippen LogP contribution in [-0.2, 0) is 0 Å². The van der Waals surface area contributed by atoms with Crippen LogP contribution in [0.3, 0.4) is 0 Å². The van der Waals surface area contributed by atoms with Crippen LogP contribution in [0.2, 0.25) is 0 Å². The molecule has 2 rings (SSSR count). The molecule has 1 aromatic heterocycles. The van der Waals surface area contributed by atoms with E-state index in [1.165, 1.54) is 5.56 Å². The van der Waals surface area contributed by atoms with Crippen LogP contribution in [-0.4, -0.2) is 11.0 Å². The molecule has 13 heavy (non-hydrogen) atoms. The van der Waals surface area contributed by atoms with Gasteiger partial charge in [0.25, 0.3) is 0 Å². The van der Waals surface area contributed by atoms with Gasteiger partial charge in [-0.05, 0) is 31.4 Å². The average Bonchev–Trinajstić information content (AvgIpc) is 2.61. The fourth-order valence-electron chi connectivity index (χ4n) is 1.57. The van der Waals surface area contributed by atoms with Crippen molar-refractivity contribution in [3.63, 3.8) is 0 Å². The highest BCUT2D eigenvalue weighted by Gasteiger charge is 2.10. The summed E-state index contributed by atoms with van der Waals surface area (Å²) < 4.78 is 0. The van der Waals surface area contributed by atoms with Gasteiger partial charge in [-0.15, -0.1) is 0 Å². The second-order valence-corrected chi connectivity index (χ2v) is 3.45. The highest BCUT2D eigenvalue weighted by molar-refractivity contribution is 5.43. The van der Waals surface area contributed by atoms with E-state index in [1.54, 1.807) is 0 Å². The Morgan fingerprint density at radius 3 is 2.85 bits per heavy atom. The summed E-state index contributed by atoms with van der Waals surface area (Å²) in [5, 5.41) is 3.44. The molecule has 1 aliphatic carbocycles. The number of hydrogen-bond acceptors (Lipinski definition) is 2. The summed E-state index contributed by atoms with van der Waals surface area (Å²) in [7, 11) is 0. The van der Waals surface area contributed by atoms with Gasteiger partial charge in [-0.25, -0.2) is 4.98 Å². The van der Waals surface area contributed by atoms with E-state index >= 15 is 0 Å². The second kappa shape index (κ2) is 3.60. The first-order valence-electron chi connectivity index (χ1n) is 4.69. The van der Waals surface area contributed by atoms with E-state index in [1.807, 2.05) is 12.3 Å². The van der Waals surface area contributed by atoms with Gasteiger partial charge in [0, 0.05) is 12.2 Å². The van der Waals surface area contributed by atoms with Crippen molar-refractivity contribution in [2.45, 2.75) is 25.8 Å². The predicted octanol–water partition coefficient (Wildman–Crippen LogP) is 2.52. The molecule has 0 bridgehead atoms. The van der Waals surface area contributed by atoms with Gasteiger partial charge < -0.3 is 5.32 Å². The predicted molar refractivity (Wildman–Crippen MR) is 54.8 cm³/mol. The van der Waals surface area contributed by atoms with Crippen molar-refractivity contribution >= 4 is 5.82 Å². The molecular formula is C11H14N2.